The van der Waals surface area contributed by atoms with Gasteiger partial charge in [0.25, 0.3) is 0 Å². The lowest BCUT2D eigenvalue weighted by Gasteiger charge is -2.18. The van der Waals surface area contributed by atoms with E-state index in [0.717, 1.165) is 18.2 Å². The summed E-state index contributed by atoms with van der Waals surface area (Å²) in [4.78, 5) is -0.445. The van der Waals surface area contributed by atoms with Crippen LogP contribution >= 0.6 is 0 Å². The van der Waals surface area contributed by atoms with Crippen molar-refractivity contribution in [2.24, 2.45) is 0 Å². The fraction of sp³-hybridized carbons (Fsp3) is 0.250. The first-order valence-corrected chi connectivity index (χ1v) is 8.46. The summed E-state index contributed by atoms with van der Waals surface area (Å²) in [5.41, 5.74) is -0.439. The van der Waals surface area contributed by atoms with E-state index in [4.69, 9.17) is 4.74 Å². The molecule has 8 heteroatoms. The van der Waals surface area contributed by atoms with E-state index in [1.165, 1.54) is 7.11 Å². The standard InChI is InChI=1S/C16H16F3NO3S/c1-11(14-8-3-4-9-15(14)23-2)20-24(21,22)13-7-5-6-12(10-13)16(17,18)19/h3-11,20H,1-2H3. The highest BCUT2D eigenvalue weighted by atomic mass is 32.2. The number of hydrogen-bond acceptors (Lipinski definition) is 3. The largest absolute Gasteiger partial charge is 0.496 e. The lowest BCUT2D eigenvalue weighted by molar-refractivity contribution is -0.137. The maximum Gasteiger partial charge on any atom is 0.416 e. The molecule has 0 spiro atoms. The van der Waals surface area contributed by atoms with Crippen molar-refractivity contribution >= 4 is 10.0 Å². The monoisotopic (exact) mass is 359 g/mol. The van der Waals surface area contributed by atoms with Gasteiger partial charge in [-0.15, -0.1) is 0 Å². The first-order valence-electron chi connectivity index (χ1n) is 6.97. The Hall–Kier alpha value is -2.06. The van der Waals surface area contributed by atoms with Crippen LogP contribution in [0.3, 0.4) is 0 Å². The van der Waals surface area contributed by atoms with E-state index in [1.54, 1.807) is 31.2 Å². The Morgan fingerprint density at radius 2 is 1.75 bits per heavy atom. The van der Waals surface area contributed by atoms with Gasteiger partial charge in [-0.1, -0.05) is 24.3 Å². The van der Waals surface area contributed by atoms with Crippen molar-refractivity contribution in [1.82, 2.24) is 4.72 Å². The van der Waals surface area contributed by atoms with Gasteiger partial charge in [0, 0.05) is 11.6 Å². The minimum absolute atomic E-state index is 0.445. The molecule has 4 nitrogen and oxygen atoms in total. The Morgan fingerprint density at radius 3 is 2.38 bits per heavy atom. The highest BCUT2D eigenvalue weighted by molar-refractivity contribution is 7.89. The number of sulfonamides is 1. The molecule has 0 bridgehead atoms. The van der Waals surface area contributed by atoms with Gasteiger partial charge in [0.1, 0.15) is 5.75 Å². The lowest BCUT2D eigenvalue weighted by atomic mass is 10.1. The van der Waals surface area contributed by atoms with Crippen LogP contribution in [0.4, 0.5) is 13.2 Å². The number of benzene rings is 2. The zero-order valence-electron chi connectivity index (χ0n) is 13.0. The van der Waals surface area contributed by atoms with Crippen LogP contribution in [0.2, 0.25) is 0 Å². The Labute approximate surface area is 138 Å². The fourth-order valence-corrected chi connectivity index (χ4v) is 3.50. The molecule has 2 aromatic carbocycles. The fourth-order valence-electron chi connectivity index (χ4n) is 2.23. The average Bonchev–Trinajstić information content (AvgIpc) is 2.53. The van der Waals surface area contributed by atoms with E-state index in [9.17, 15) is 21.6 Å². The highest BCUT2D eigenvalue weighted by Gasteiger charge is 2.32. The molecular formula is C16H16F3NO3S. The highest BCUT2D eigenvalue weighted by Crippen LogP contribution is 2.31. The molecule has 0 aliphatic heterocycles. The molecule has 1 N–H and O–H groups in total. The molecule has 0 heterocycles. The van der Waals surface area contributed by atoms with Crippen molar-refractivity contribution in [2.75, 3.05) is 7.11 Å². The van der Waals surface area contributed by atoms with Crippen LogP contribution in [0.15, 0.2) is 53.4 Å². The molecular weight excluding hydrogens is 343 g/mol. The van der Waals surface area contributed by atoms with Crippen LogP contribution in [0.1, 0.15) is 24.1 Å². The van der Waals surface area contributed by atoms with Crippen molar-refractivity contribution in [1.29, 1.82) is 0 Å². The summed E-state index contributed by atoms with van der Waals surface area (Å²) in [6, 6.07) is 9.73. The van der Waals surface area contributed by atoms with Crippen molar-refractivity contribution < 1.29 is 26.3 Å². The van der Waals surface area contributed by atoms with Gasteiger partial charge in [0.05, 0.1) is 17.6 Å². The van der Waals surface area contributed by atoms with Gasteiger partial charge in [-0.25, -0.2) is 13.1 Å². The van der Waals surface area contributed by atoms with Crippen LogP contribution in [-0.4, -0.2) is 15.5 Å². The van der Waals surface area contributed by atoms with Gasteiger partial charge >= 0.3 is 6.18 Å². The second-order valence-electron chi connectivity index (χ2n) is 5.11. The van der Waals surface area contributed by atoms with E-state index >= 15 is 0 Å². The minimum atomic E-state index is -4.61. The van der Waals surface area contributed by atoms with Gasteiger partial charge in [-0.05, 0) is 31.2 Å². The molecule has 0 amide bonds. The maximum absolute atomic E-state index is 12.8. The number of halogens is 3. The normalized spacial score (nSPS) is 13.5. The number of alkyl halides is 3. The Bertz CT molecular complexity index is 819. The molecule has 0 saturated heterocycles. The van der Waals surface area contributed by atoms with E-state index in [1.807, 2.05) is 0 Å². The number of hydrogen-bond donors (Lipinski definition) is 1. The third-order valence-corrected chi connectivity index (χ3v) is 4.95. The molecule has 0 saturated carbocycles. The molecule has 0 aliphatic rings. The summed E-state index contributed by atoms with van der Waals surface area (Å²) in [5, 5.41) is 0. The van der Waals surface area contributed by atoms with Crippen molar-refractivity contribution in [3.8, 4) is 5.75 Å². The minimum Gasteiger partial charge on any atom is -0.496 e. The molecule has 1 unspecified atom stereocenters. The Morgan fingerprint density at radius 1 is 1.08 bits per heavy atom. The summed E-state index contributed by atoms with van der Waals surface area (Å²) in [7, 11) is -2.67. The molecule has 1 atom stereocenters. The summed E-state index contributed by atoms with van der Waals surface area (Å²) in [5.74, 6) is 0.483. The molecule has 0 aliphatic carbocycles. The molecule has 0 aromatic heterocycles. The molecule has 2 aromatic rings. The maximum atomic E-state index is 12.8. The van der Waals surface area contributed by atoms with Crippen LogP contribution in [0, 0.1) is 0 Å². The molecule has 24 heavy (non-hydrogen) atoms. The SMILES string of the molecule is COc1ccccc1C(C)NS(=O)(=O)c1cccc(C(F)(F)F)c1. The van der Waals surface area contributed by atoms with E-state index < -0.39 is 32.7 Å². The second-order valence-corrected chi connectivity index (χ2v) is 6.82. The lowest BCUT2D eigenvalue weighted by Crippen LogP contribution is -2.27. The van der Waals surface area contributed by atoms with Gasteiger partial charge in [0.2, 0.25) is 10.0 Å². The number of methoxy groups -OCH3 is 1. The summed E-state index contributed by atoms with van der Waals surface area (Å²) in [6.07, 6.45) is -4.61. The van der Waals surface area contributed by atoms with Gasteiger partial charge in [-0.3, -0.25) is 0 Å². The summed E-state index contributed by atoms with van der Waals surface area (Å²) in [6.45, 7) is 1.59. The van der Waals surface area contributed by atoms with Gasteiger partial charge in [0.15, 0.2) is 0 Å². The Balaban J connectivity index is 2.32. The number of nitrogens with one attached hydrogen (secondary N) is 1. The van der Waals surface area contributed by atoms with Crippen LogP contribution in [0.25, 0.3) is 0 Å². The molecule has 130 valence electrons. The number of para-hydroxylation sites is 1. The first-order chi connectivity index (χ1) is 11.1. The number of rotatable bonds is 5. The van der Waals surface area contributed by atoms with Crippen LogP contribution in [0.5, 0.6) is 5.75 Å². The quantitative estimate of drug-likeness (QED) is 0.885. The van der Waals surface area contributed by atoms with E-state index in [2.05, 4.69) is 4.72 Å². The van der Waals surface area contributed by atoms with Crippen LogP contribution < -0.4 is 9.46 Å². The summed E-state index contributed by atoms with van der Waals surface area (Å²) < 4.78 is 70.5. The van der Waals surface area contributed by atoms with Crippen molar-refractivity contribution in [2.45, 2.75) is 24.0 Å². The zero-order valence-corrected chi connectivity index (χ0v) is 13.8. The smallest absolute Gasteiger partial charge is 0.416 e. The molecule has 0 fully saturated rings. The topological polar surface area (TPSA) is 55.4 Å². The first kappa shape index (κ1) is 18.3. The Kier molecular flexibility index (Phi) is 5.19. The molecule has 0 radical (unpaired) electrons. The van der Waals surface area contributed by atoms with Gasteiger partial charge < -0.3 is 4.74 Å². The predicted octanol–water partition coefficient (Wildman–Crippen LogP) is 3.75. The molecule has 2 rings (SSSR count). The van der Waals surface area contributed by atoms with E-state index in [0.29, 0.717) is 17.4 Å². The van der Waals surface area contributed by atoms with Crippen molar-refractivity contribution in [3.63, 3.8) is 0 Å². The average molecular weight is 359 g/mol. The van der Waals surface area contributed by atoms with Gasteiger partial charge in [-0.2, -0.15) is 13.2 Å². The predicted molar refractivity (Wildman–Crippen MR) is 83.2 cm³/mol. The van der Waals surface area contributed by atoms with E-state index in [-0.39, 0.29) is 0 Å². The third-order valence-electron chi connectivity index (χ3n) is 3.41. The number of ether oxygens (including phenoxy) is 1. The summed E-state index contributed by atoms with van der Waals surface area (Å²) >= 11 is 0. The van der Waals surface area contributed by atoms with Crippen LogP contribution in [-0.2, 0) is 16.2 Å². The zero-order chi connectivity index (χ0) is 18.0. The second kappa shape index (κ2) is 6.82. The third kappa shape index (κ3) is 4.07. The van der Waals surface area contributed by atoms with Crippen molar-refractivity contribution in [3.05, 3.63) is 59.7 Å².